The van der Waals surface area contributed by atoms with E-state index in [9.17, 15) is 9.90 Å². The number of nitrogens with two attached hydrogens (primary N) is 1. The molecule has 0 spiro atoms. The molecule has 0 bridgehead atoms. The fourth-order valence-electron chi connectivity index (χ4n) is 3.11. The Kier molecular flexibility index (Phi) is 4.18. The van der Waals surface area contributed by atoms with Crippen molar-refractivity contribution in [3.8, 4) is 0 Å². The normalized spacial score (nSPS) is 24.5. The molecule has 2 atom stereocenters. The third kappa shape index (κ3) is 2.59. The number of aryl methyl sites for hydroxylation is 1. The monoisotopic (exact) mass is 277 g/mol. The van der Waals surface area contributed by atoms with E-state index in [0.29, 0.717) is 24.8 Å². The minimum Gasteiger partial charge on any atom is -0.480 e. The van der Waals surface area contributed by atoms with Crippen molar-refractivity contribution in [1.82, 2.24) is 0 Å². The Hall–Kier alpha value is -1.37. The van der Waals surface area contributed by atoms with Crippen LogP contribution in [0.5, 0.6) is 0 Å². The first-order chi connectivity index (χ1) is 9.35. The summed E-state index contributed by atoms with van der Waals surface area (Å²) in [4.78, 5) is 11.7. The van der Waals surface area contributed by atoms with E-state index < -0.39 is 18.6 Å². The summed E-state index contributed by atoms with van der Waals surface area (Å²) in [6, 6.07) is 5.67. The molecule has 0 saturated carbocycles. The molecule has 0 aromatic heterocycles. The number of carboxylic acids is 1. The van der Waals surface area contributed by atoms with Crippen LogP contribution in [0, 0.1) is 12.8 Å². The molecule has 0 heterocycles. The molecule has 1 aromatic rings. The van der Waals surface area contributed by atoms with Gasteiger partial charge in [0.05, 0.1) is 0 Å². The van der Waals surface area contributed by atoms with E-state index in [1.807, 2.05) is 19.1 Å². The average molecular weight is 277 g/mol. The number of aliphatic carboxylic acids is 1. The molecule has 1 aromatic carbocycles. The van der Waals surface area contributed by atoms with Gasteiger partial charge in [0.2, 0.25) is 0 Å². The van der Waals surface area contributed by atoms with Gasteiger partial charge in [0, 0.05) is 0 Å². The zero-order chi connectivity index (χ0) is 14.9. The molecule has 2 rings (SSSR count). The van der Waals surface area contributed by atoms with Gasteiger partial charge < -0.3 is 20.9 Å². The standard InChI is InChI=1S/C14H20BNO4/c1-9-4-5-12-10(7-9)8-11(3-2-6-15(19)20)14(12,16)13(17)18/h4-5,7,11,19-20H,2-3,6,8,16H2,1H3,(H,17,18)/t11-,14+/m0/s1. The van der Waals surface area contributed by atoms with Gasteiger partial charge in [0.25, 0.3) is 0 Å². The van der Waals surface area contributed by atoms with Gasteiger partial charge in [-0.25, -0.2) is 4.79 Å². The van der Waals surface area contributed by atoms with Crippen LogP contribution < -0.4 is 5.73 Å². The van der Waals surface area contributed by atoms with Gasteiger partial charge in [-0.05, 0) is 43.1 Å². The number of benzene rings is 1. The minimum absolute atomic E-state index is 0.212. The number of carbonyl (C=O) groups is 1. The third-order valence-corrected chi connectivity index (χ3v) is 4.19. The van der Waals surface area contributed by atoms with Gasteiger partial charge in [0.1, 0.15) is 5.54 Å². The molecular formula is C14H20BNO4. The molecule has 0 saturated heterocycles. The highest BCUT2D eigenvalue weighted by atomic mass is 16.4. The second kappa shape index (κ2) is 5.56. The van der Waals surface area contributed by atoms with Gasteiger partial charge in [-0.1, -0.05) is 30.2 Å². The molecule has 1 aliphatic carbocycles. The summed E-state index contributed by atoms with van der Waals surface area (Å²) >= 11 is 0. The summed E-state index contributed by atoms with van der Waals surface area (Å²) < 4.78 is 0. The average Bonchev–Trinajstić information content (AvgIpc) is 2.63. The first-order valence-corrected chi connectivity index (χ1v) is 6.84. The smallest absolute Gasteiger partial charge is 0.451 e. The topological polar surface area (TPSA) is 104 Å². The highest BCUT2D eigenvalue weighted by Gasteiger charge is 2.49. The first-order valence-electron chi connectivity index (χ1n) is 6.84. The second-order valence-corrected chi connectivity index (χ2v) is 5.65. The Labute approximate surface area is 118 Å². The SMILES string of the molecule is Cc1ccc2c(c1)C[C@H](CCCB(O)O)[C@]2(N)C(=O)O. The summed E-state index contributed by atoms with van der Waals surface area (Å²) in [5.74, 6) is -1.23. The Balaban J connectivity index is 2.24. The summed E-state index contributed by atoms with van der Waals surface area (Å²) in [7, 11) is -1.35. The van der Waals surface area contributed by atoms with Crippen molar-refractivity contribution in [3.63, 3.8) is 0 Å². The van der Waals surface area contributed by atoms with Crippen LogP contribution in [0.3, 0.4) is 0 Å². The minimum atomic E-state index is -1.37. The van der Waals surface area contributed by atoms with Crippen LogP contribution in [-0.4, -0.2) is 28.2 Å². The molecule has 0 fully saturated rings. The fraction of sp³-hybridized carbons (Fsp3) is 0.500. The van der Waals surface area contributed by atoms with Crippen molar-refractivity contribution >= 4 is 13.1 Å². The van der Waals surface area contributed by atoms with E-state index in [1.165, 1.54) is 0 Å². The van der Waals surface area contributed by atoms with Crippen LogP contribution in [0.25, 0.3) is 0 Å². The predicted octanol–water partition coefficient (Wildman–Crippen LogP) is 0.659. The zero-order valence-corrected chi connectivity index (χ0v) is 11.5. The molecule has 1 aliphatic rings. The fourth-order valence-corrected chi connectivity index (χ4v) is 3.11. The van der Waals surface area contributed by atoms with Crippen LogP contribution in [0.2, 0.25) is 6.32 Å². The highest BCUT2D eigenvalue weighted by molar-refractivity contribution is 6.40. The number of rotatable bonds is 5. The first kappa shape index (κ1) is 15.0. The van der Waals surface area contributed by atoms with Gasteiger partial charge in [0.15, 0.2) is 0 Å². The molecule has 0 aliphatic heterocycles. The van der Waals surface area contributed by atoms with Crippen LogP contribution in [0.1, 0.15) is 29.5 Å². The Bertz CT molecular complexity index is 520. The molecule has 6 heteroatoms. The third-order valence-electron chi connectivity index (χ3n) is 4.19. The molecular weight excluding hydrogens is 257 g/mol. The number of hydrogen-bond acceptors (Lipinski definition) is 4. The lowest BCUT2D eigenvalue weighted by Gasteiger charge is -2.28. The van der Waals surface area contributed by atoms with E-state index in [1.54, 1.807) is 6.07 Å². The predicted molar refractivity (Wildman–Crippen MR) is 76.1 cm³/mol. The molecule has 0 unspecified atom stereocenters. The van der Waals surface area contributed by atoms with Crippen LogP contribution in [-0.2, 0) is 16.8 Å². The lowest BCUT2D eigenvalue weighted by Crippen LogP contribution is -2.48. The van der Waals surface area contributed by atoms with Crippen molar-refractivity contribution < 1.29 is 19.9 Å². The van der Waals surface area contributed by atoms with Crippen molar-refractivity contribution in [3.05, 3.63) is 34.9 Å². The maximum absolute atomic E-state index is 11.7. The summed E-state index contributed by atoms with van der Waals surface area (Å²) in [5, 5.41) is 27.3. The van der Waals surface area contributed by atoms with E-state index in [2.05, 4.69) is 0 Å². The van der Waals surface area contributed by atoms with Crippen LogP contribution >= 0.6 is 0 Å². The van der Waals surface area contributed by atoms with Gasteiger partial charge in [-0.2, -0.15) is 0 Å². The Morgan fingerprint density at radius 1 is 1.50 bits per heavy atom. The number of fused-ring (bicyclic) bond motifs is 1. The Morgan fingerprint density at radius 3 is 2.80 bits per heavy atom. The van der Waals surface area contributed by atoms with Gasteiger partial charge in [-0.15, -0.1) is 0 Å². The lowest BCUT2D eigenvalue weighted by molar-refractivity contribution is -0.145. The van der Waals surface area contributed by atoms with E-state index >= 15 is 0 Å². The molecule has 5 N–H and O–H groups in total. The highest BCUT2D eigenvalue weighted by Crippen LogP contribution is 2.42. The number of hydrogen-bond donors (Lipinski definition) is 4. The van der Waals surface area contributed by atoms with Crippen LogP contribution in [0.15, 0.2) is 18.2 Å². The zero-order valence-electron chi connectivity index (χ0n) is 11.5. The van der Waals surface area contributed by atoms with Gasteiger partial charge in [-0.3, -0.25) is 0 Å². The summed E-state index contributed by atoms with van der Waals surface area (Å²) in [6.45, 7) is 1.97. The van der Waals surface area contributed by atoms with Gasteiger partial charge >= 0.3 is 13.1 Å². The lowest BCUT2D eigenvalue weighted by atomic mass is 9.77. The van der Waals surface area contributed by atoms with Crippen molar-refractivity contribution in [2.45, 2.75) is 38.0 Å². The molecule has 5 nitrogen and oxygen atoms in total. The number of carboxylic acid groups (broad SMARTS) is 1. The maximum Gasteiger partial charge on any atom is 0.451 e. The molecule has 0 radical (unpaired) electrons. The van der Waals surface area contributed by atoms with E-state index in [0.717, 1.165) is 11.1 Å². The summed E-state index contributed by atoms with van der Waals surface area (Å²) in [5.41, 5.74) is 7.59. The van der Waals surface area contributed by atoms with Crippen molar-refractivity contribution in [2.24, 2.45) is 11.7 Å². The molecule has 0 amide bonds. The molecule has 20 heavy (non-hydrogen) atoms. The largest absolute Gasteiger partial charge is 0.480 e. The second-order valence-electron chi connectivity index (χ2n) is 5.65. The maximum atomic E-state index is 11.7. The van der Waals surface area contributed by atoms with Crippen molar-refractivity contribution in [2.75, 3.05) is 0 Å². The van der Waals surface area contributed by atoms with Crippen LogP contribution in [0.4, 0.5) is 0 Å². The van der Waals surface area contributed by atoms with E-state index in [4.69, 9.17) is 15.8 Å². The quantitative estimate of drug-likeness (QED) is 0.592. The van der Waals surface area contributed by atoms with Crippen molar-refractivity contribution in [1.29, 1.82) is 0 Å². The molecule has 108 valence electrons. The Morgan fingerprint density at radius 2 is 2.20 bits per heavy atom. The van der Waals surface area contributed by atoms with E-state index in [-0.39, 0.29) is 12.2 Å². The summed E-state index contributed by atoms with van der Waals surface area (Å²) in [6.07, 6.45) is 1.97.